The molecular formula is C25H40N4O5S. The summed E-state index contributed by atoms with van der Waals surface area (Å²) in [7, 11) is 0. The number of fused-ring (bicyclic) bond motifs is 1. The summed E-state index contributed by atoms with van der Waals surface area (Å²) in [6.45, 7) is 17.5. The van der Waals surface area contributed by atoms with Crippen molar-refractivity contribution in [2.45, 2.75) is 78.6 Å². The first kappa shape index (κ1) is 29.1. The topological polar surface area (TPSA) is 98.4 Å². The van der Waals surface area contributed by atoms with E-state index >= 15 is 0 Å². The molecule has 9 nitrogen and oxygen atoms in total. The minimum atomic E-state index is -0.500. The van der Waals surface area contributed by atoms with Crippen LogP contribution in [-0.2, 0) is 31.5 Å². The number of hydrogen-bond acceptors (Lipinski definition) is 9. The van der Waals surface area contributed by atoms with Crippen LogP contribution < -0.4 is 4.90 Å². The highest BCUT2D eigenvalue weighted by atomic mass is 32.1. The van der Waals surface area contributed by atoms with E-state index < -0.39 is 5.60 Å². The van der Waals surface area contributed by atoms with Gasteiger partial charge >= 0.3 is 5.97 Å². The number of anilines is 1. The maximum absolute atomic E-state index is 12.3. The number of aryl methyl sites for hydroxylation is 1. The lowest BCUT2D eigenvalue weighted by molar-refractivity contribution is -0.142. The first-order valence-electron chi connectivity index (χ1n) is 11.9. The monoisotopic (exact) mass is 508 g/mol. The normalized spacial score (nSPS) is 15.5. The molecule has 0 atom stereocenters. The molecule has 3 heterocycles. The predicted octanol–water partition coefficient (Wildman–Crippen LogP) is 3.84. The van der Waals surface area contributed by atoms with E-state index in [1.807, 2.05) is 13.0 Å². The minimum Gasteiger partial charge on any atom is -0.466 e. The van der Waals surface area contributed by atoms with Crippen LogP contribution >= 0.6 is 12.9 Å². The molecule has 1 saturated heterocycles. The Kier molecular flexibility index (Phi) is 10.6. The minimum absolute atomic E-state index is 0.150. The Morgan fingerprint density at radius 3 is 2.51 bits per heavy atom. The molecule has 0 unspecified atom stereocenters. The molecule has 3 rings (SSSR count). The lowest BCUT2D eigenvalue weighted by Gasteiger charge is -2.40. The number of carbonyl (C=O) groups excluding carboxylic acids is 1. The highest BCUT2D eigenvalue weighted by Gasteiger charge is 2.33. The van der Waals surface area contributed by atoms with Gasteiger partial charge < -0.3 is 23.7 Å². The van der Waals surface area contributed by atoms with Gasteiger partial charge in [0, 0.05) is 30.4 Å². The molecule has 1 fully saturated rings. The number of aromatic nitrogens is 3. The smallest absolute Gasteiger partial charge is 0.310 e. The average molecular weight is 509 g/mol. The van der Waals surface area contributed by atoms with Gasteiger partial charge in [-0.05, 0) is 67.3 Å². The third-order valence-electron chi connectivity index (χ3n) is 5.44. The molecule has 0 bridgehead atoms. The molecule has 0 aromatic carbocycles. The molecule has 0 radical (unpaired) electrons. The van der Waals surface area contributed by atoms with Crippen LogP contribution in [-0.4, -0.2) is 63.2 Å². The molecule has 196 valence electrons. The van der Waals surface area contributed by atoms with Crippen molar-refractivity contribution in [2.75, 3.05) is 31.2 Å². The number of carbonyl (C=O) groups is 1. The van der Waals surface area contributed by atoms with Gasteiger partial charge in [0.15, 0.2) is 5.65 Å². The Morgan fingerprint density at radius 1 is 1.34 bits per heavy atom. The Labute approximate surface area is 214 Å². The SMILES string of the molecule is C=CCOC1(C)CCN(c2c(CC(=O)OCC)c(C)nc3cc(COS)nn23)CC1.CC(C)(C)O. The molecule has 1 aliphatic rings. The molecule has 1 aliphatic heterocycles. The maximum atomic E-state index is 12.3. The van der Waals surface area contributed by atoms with Crippen molar-refractivity contribution in [1.82, 2.24) is 14.6 Å². The summed E-state index contributed by atoms with van der Waals surface area (Å²) in [5.41, 5.74) is 2.37. The van der Waals surface area contributed by atoms with Crippen LogP contribution in [0.25, 0.3) is 5.65 Å². The Balaban J connectivity index is 0.000000784. The summed E-state index contributed by atoms with van der Waals surface area (Å²) < 4.78 is 17.9. The van der Waals surface area contributed by atoms with Crippen LogP contribution in [0.2, 0.25) is 0 Å². The zero-order valence-corrected chi connectivity index (χ0v) is 22.7. The van der Waals surface area contributed by atoms with E-state index in [-0.39, 0.29) is 24.6 Å². The van der Waals surface area contributed by atoms with Crippen molar-refractivity contribution in [1.29, 1.82) is 0 Å². The van der Waals surface area contributed by atoms with Gasteiger partial charge in [0.2, 0.25) is 0 Å². The van der Waals surface area contributed by atoms with Crippen LogP contribution in [0.1, 0.15) is 64.4 Å². The van der Waals surface area contributed by atoms with Crippen molar-refractivity contribution in [3.05, 3.63) is 35.7 Å². The first-order chi connectivity index (χ1) is 16.4. The van der Waals surface area contributed by atoms with E-state index in [4.69, 9.17) is 18.8 Å². The molecule has 2 aromatic rings. The van der Waals surface area contributed by atoms with E-state index in [9.17, 15) is 4.79 Å². The number of piperidine rings is 1. The Morgan fingerprint density at radius 2 is 1.97 bits per heavy atom. The number of esters is 1. The molecular weight excluding hydrogens is 468 g/mol. The Hall–Kier alpha value is -2.14. The lowest BCUT2D eigenvalue weighted by atomic mass is 9.93. The third kappa shape index (κ3) is 8.79. The Bertz CT molecular complexity index is 988. The van der Waals surface area contributed by atoms with E-state index in [1.165, 1.54) is 0 Å². The predicted molar refractivity (Wildman–Crippen MR) is 140 cm³/mol. The molecule has 10 heteroatoms. The molecule has 0 saturated carbocycles. The van der Waals surface area contributed by atoms with Crippen LogP contribution in [0.4, 0.5) is 5.82 Å². The van der Waals surface area contributed by atoms with E-state index in [2.05, 4.69) is 41.4 Å². The van der Waals surface area contributed by atoms with E-state index in [1.54, 1.807) is 38.3 Å². The fourth-order valence-electron chi connectivity index (χ4n) is 3.80. The van der Waals surface area contributed by atoms with Gasteiger partial charge in [0.05, 0.1) is 36.5 Å². The lowest BCUT2D eigenvalue weighted by Crippen LogP contribution is -2.45. The van der Waals surface area contributed by atoms with E-state index in [0.29, 0.717) is 18.9 Å². The van der Waals surface area contributed by atoms with Gasteiger partial charge in [0.1, 0.15) is 12.4 Å². The summed E-state index contributed by atoms with van der Waals surface area (Å²) in [5.74, 6) is 0.604. The van der Waals surface area contributed by atoms with Gasteiger partial charge in [-0.1, -0.05) is 6.08 Å². The number of thiol groups is 1. The number of rotatable bonds is 9. The van der Waals surface area contributed by atoms with Crippen molar-refractivity contribution >= 4 is 30.3 Å². The number of nitrogens with zero attached hydrogens (tertiary/aromatic N) is 4. The third-order valence-corrected chi connectivity index (χ3v) is 5.57. The zero-order valence-electron chi connectivity index (χ0n) is 21.8. The highest BCUT2D eigenvalue weighted by Crippen LogP contribution is 2.32. The first-order valence-corrected chi connectivity index (χ1v) is 12.3. The van der Waals surface area contributed by atoms with Crippen molar-refractivity contribution in [3.63, 3.8) is 0 Å². The van der Waals surface area contributed by atoms with Crippen molar-refractivity contribution < 1.29 is 23.6 Å². The van der Waals surface area contributed by atoms with E-state index in [0.717, 1.165) is 48.7 Å². The summed E-state index contributed by atoms with van der Waals surface area (Å²) >= 11 is 3.84. The summed E-state index contributed by atoms with van der Waals surface area (Å²) in [6.07, 6.45) is 3.64. The second-order valence-corrected chi connectivity index (χ2v) is 10.1. The van der Waals surface area contributed by atoms with Gasteiger partial charge in [-0.25, -0.2) is 4.98 Å². The second kappa shape index (κ2) is 12.7. The number of ether oxygens (including phenoxy) is 2. The van der Waals surface area contributed by atoms with Gasteiger partial charge in [-0.2, -0.15) is 9.61 Å². The van der Waals surface area contributed by atoms with Crippen LogP contribution in [0.3, 0.4) is 0 Å². The molecule has 0 amide bonds. The van der Waals surface area contributed by atoms with Crippen LogP contribution in [0, 0.1) is 6.92 Å². The average Bonchev–Trinajstić information content (AvgIpc) is 3.15. The molecule has 0 aliphatic carbocycles. The number of hydrogen-bond donors (Lipinski definition) is 2. The summed E-state index contributed by atoms with van der Waals surface area (Å²) in [4.78, 5) is 19.2. The molecule has 35 heavy (non-hydrogen) atoms. The fraction of sp³-hybridized carbons (Fsp3) is 0.640. The van der Waals surface area contributed by atoms with Gasteiger partial charge in [-0.15, -0.1) is 6.58 Å². The quantitative estimate of drug-likeness (QED) is 0.228. The van der Waals surface area contributed by atoms with Crippen molar-refractivity contribution in [2.24, 2.45) is 0 Å². The highest BCUT2D eigenvalue weighted by molar-refractivity contribution is 7.75. The summed E-state index contributed by atoms with van der Waals surface area (Å²) in [6, 6.07) is 1.88. The van der Waals surface area contributed by atoms with Gasteiger partial charge in [-0.3, -0.25) is 4.79 Å². The van der Waals surface area contributed by atoms with Crippen LogP contribution in [0.15, 0.2) is 18.7 Å². The van der Waals surface area contributed by atoms with Gasteiger partial charge in [0.25, 0.3) is 0 Å². The summed E-state index contributed by atoms with van der Waals surface area (Å²) in [5, 5.41) is 13.2. The maximum Gasteiger partial charge on any atom is 0.310 e. The van der Waals surface area contributed by atoms with Crippen LogP contribution in [0.5, 0.6) is 0 Å². The second-order valence-electron chi connectivity index (χ2n) is 9.87. The number of aliphatic hydroxyl groups is 1. The molecule has 1 N–H and O–H groups in total. The standard InChI is InChI=1S/C21H30N4O4S.C4H10O/c1-5-11-28-21(4)7-9-24(10-8-21)20-17(13-19(26)27-6-2)15(3)22-18-12-16(14-29-30)23-25(18)20;1-4(2,3)5/h5,12,30H,1,6-11,13-14H2,2-4H3;5H,1-3H3. The molecule has 0 spiro atoms. The molecule has 2 aromatic heterocycles. The zero-order chi connectivity index (χ0) is 26.2. The largest absolute Gasteiger partial charge is 0.466 e. The fourth-order valence-corrected chi connectivity index (χ4v) is 3.94. The van der Waals surface area contributed by atoms with Crippen molar-refractivity contribution in [3.8, 4) is 0 Å².